The van der Waals surface area contributed by atoms with Crippen molar-refractivity contribution in [1.82, 2.24) is 4.90 Å². The molecule has 0 saturated heterocycles. The molecule has 6 heteroatoms. The number of hydrogen-bond acceptors (Lipinski definition) is 3. The third-order valence-corrected chi connectivity index (χ3v) is 3.54. The molecular formula is C19H20FNO4. The monoisotopic (exact) mass is 345 g/mol. The van der Waals surface area contributed by atoms with Gasteiger partial charge in [-0.25, -0.2) is 4.39 Å². The van der Waals surface area contributed by atoms with E-state index in [0.717, 1.165) is 5.56 Å². The Morgan fingerprint density at radius 2 is 1.68 bits per heavy atom. The van der Waals surface area contributed by atoms with Gasteiger partial charge in [-0.2, -0.15) is 0 Å². The summed E-state index contributed by atoms with van der Waals surface area (Å²) >= 11 is 0. The van der Waals surface area contributed by atoms with Gasteiger partial charge in [0.15, 0.2) is 0 Å². The van der Waals surface area contributed by atoms with Gasteiger partial charge in [0.2, 0.25) is 5.91 Å². The Morgan fingerprint density at radius 1 is 1.00 bits per heavy atom. The second-order valence-electron chi connectivity index (χ2n) is 5.56. The molecule has 0 radical (unpaired) electrons. The van der Waals surface area contributed by atoms with Crippen LogP contribution in [0.2, 0.25) is 0 Å². The standard InChI is InChI=1S/C19H20FNO4/c20-17-8-6-15(7-9-17)12-21(13-19(23)24)18(22)10-11-25-14-16-4-2-1-3-5-16/h1-9H,10-14H2,(H,23,24). The number of benzene rings is 2. The smallest absolute Gasteiger partial charge is 0.323 e. The molecule has 2 rings (SSSR count). The molecule has 1 N–H and O–H groups in total. The quantitative estimate of drug-likeness (QED) is 0.710. The van der Waals surface area contributed by atoms with Crippen molar-refractivity contribution >= 4 is 11.9 Å². The minimum atomic E-state index is -1.10. The molecule has 0 atom stereocenters. The zero-order valence-corrected chi connectivity index (χ0v) is 13.7. The first-order valence-corrected chi connectivity index (χ1v) is 7.90. The highest BCUT2D eigenvalue weighted by Crippen LogP contribution is 2.09. The zero-order valence-electron chi connectivity index (χ0n) is 13.7. The molecule has 25 heavy (non-hydrogen) atoms. The van der Waals surface area contributed by atoms with Crippen LogP contribution in [0.5, 0.6) is 0 Å². The van der Waals surface area contributed by atoms with Crippen LogP contribution in [-0.4, -0.2) is 35.0 Å². The Balaban J connectivity index is 1.84. The van der Waals surface area contributed by atoms with E-state index in [1.165, 1.54) is 29.2 Å². The predicted octanol–water partition coefficient (Wildman–Crippen LogP) is 2.85. The summed E-state index contributed by atoms with van der Waals surface area (Å²) in [7, 11) is 0. The van der Waals surface area contributed by atoms with Gasteiger partial charge in [0, 0.05) is 6.54 Å². The molecule has 0 bridgehead atoms. The van der Waals surface area contributed by atoms with Crippen LogP contribution in [0.1, 0.15) is 17.5 Å². The average Bonchev–Trinajstić information content (AvgIpc) is 2.60. The lowest BCUT2D eigenvalue weighted by atomic mass is 10.2. The van der Waals surface area contributed by atoms with E-state index < -0.39 is 12.5 Å². The van der Waals surface area contributed by atoms with E-state index in [4.69, 9.17) is 9.84 Å². The molecule has 2 aromatic carbocycles. The second kappa shape index (κ2) is 9.54. The number of hydrogen-bond donors (Lipinski definition) is 1. The van der Waals surface area contributed by atoms with Crippen molar-refractivity contribution in [2.75, 3.05) is 13.2 Å². The van der Waals surface area contributed by atoms with Crippen molar-refractivity contribution in [2.24, 2.45) is 0 Å². The van der Waals surface area contributed by atoms with Crippen LogP contribution in [0.25, 0.3) is 0 Å². The molecule has 0 fully saturated rings. The first kappa shape index (κ1) is 18.6. The molecule has 0 aliphatic heterocycles. The number of rotatable bonds is 9. The highest BCUT2D eigenvalue weighted by atomic mass is 19.1. The molecule has 5 nitrogen and oxygen atoms in total. The van der Waals surface area contributed by atoms with Crippen molar-refractivity contribution in [2.45, 2.75) is 19.6 Å². The zero-order chi connectivity index (χ0) is 18.1. The largest absolute Gasteiger partial charge is 0.480 e. The van der Waals surface area contributed by atoms with E-state index in [0.29, 0.717) is 12.2 Å². The SMILES string of the molecule is O=C(O)CN(Cc1ccc(F)cc1)C(=O)CCOCc1ccccc1. The van der Waals surface area contributed by atoms with Gasteiger partial charge >= 0.3 is 5.97 Å². The fraction of sp³-hybridized carbons (Fsp3) is 0.263. The summed E-state index contributed by atoms with van der Waals surface area (Å²) in [5.41, 5.74) is 1.67. The Bertz CT molecular complexity index is 688. The summed E-state index contributed by atoms with van der Waals surface area (Å²) in [4.78, 5) is 24.5. The number of carbonyl (C=O) groups excluding carboxylic acids is 1. The van der Waals surface area contributed by atoms with Gasteiger partial charge in [-0.05, 0) is 23.3 Å². The Hall–Kier alpha value is -2.73. The summed E-state index contributed by atoms with van der Waals surface area (Å²) in [6.45, 7) is 0.303. The Morgan fingerprint density at radius 3 is 2.32 bits per heavy atom. The van der Waals surface area contributed by atoms with Gasteiger partial charge in [-0.3, -0.25) is 9.59 Å². The predicted molar refractivity (Wildman–Crippen MR) is 90.2 cm³/mol. The summed E-state index contributed by atoms with van der Waals surface area (Å²) in [6, 6.07) is 15.2. The van der Waals surface area contributed by atoms with Crippen LogP contribution >= 0.6 is 0 Å². The average molecular weight is 345 g/mol. The molecule has 0 aliphatic rings. The lowest BCUT2D eigenvalue weighted by molar-refractivity contribution is -0.145. The molecule has 0 aromatic heterocycles. The van der Waals surface area contributed by atoms with Crippen molar-refractivity contribution in [1.29, 1.82) is 0 Å². The number of aliphatic carboxylic acids is 1. The molecule has 0 heterocycles. The number of halogens is 1. The normalized spacial score (nSPS) is 10.4. The second-order valence-corrected chi connectivity index (χ2v) is 5.56. The van der Waals surface area contributed by atoms with E-state index in [1.54, 1.807) is 0 Å². The maximum absolute atomic E-state index is 12.9. The van der Waals surface area contributed by atoms with Crippen LogP contribution in [-0.2, 0) is 27.5 Å². The van der Waals surface area contributed by atoms with Crippen molar-refractivity contribution in [3.63, 3.8) is 0 Å². The third kappa shape index (κ3) is 6.73. The van der Waals surface area contributed by atoms with Gasteiger partial charge in [0.05, 0.1) is 19.6 Å². The minimum Gasteiger partial charge on any atom is -0.480 e. The molecule has 0 saturated carbocycles. The summed E-state index contributed by atoms with van der Waals surface area (Å²) in [5, 5.41) is 8.99. The number of carbonyl (C=O) groups is 2. The molecule has 0 aliphatic carbocycles. The summed E-state index contributed by atoms with van der Waals surface area (Å²) in [5.74, 6) is -1.80. The fourth-order valence-corrected chi connectivity index (χ4v) is 2.29. The van der Waals surface area contributed by atoms with E-state index in [9.17, 15) is 14.0 Å². The maximum Gasteiger partial charge on any atom is 0.323 e. The van der Waals surface area contributed by atoms with Crippen LogP contribution in [0.4, 0.5) is 4.39 Å². The topological polar surface area (TPSA) is 66.8 Å². The van der Waals surface area contributed by atoms with E-state index >= 15 is 0 Å². The number of amides is 1. The lowest BCUT2D eigenvalue weighted by Crippen LogP contribution is -2.35. The number of ether oxygens (including phenoxy) is 1. The van der Waals surface area contributed by atoms with Crippen molar-refractivity contribution < 1.29 is 23.8 Å². The maximum atomic E-state index is 12.9. The summed E-state index contributed by atoms with van der Waals surface area (Å²) < 4.78 is 18.4. The molecular weight excluding hydrogens is 325 g/mol. The van der Waals surface area contributed by atoms with Gasteiger partial charge in [-0.1, -0.05) is 42.5 Å². The highest BCUT2D eigenvalue weighted by molar-refractivity contribution is 5.81. The van der Waals surface area contributed by atoms with Gasteiger partial charge in [-0.15, -0.1) is 0 Å². The summed E-state index contributed by atoms with van der Waals surface area (Å²) in [6.07, 6.45) is 0.0846. The van der Waals surface area contributed by atoms with Gasteiger partial charge < -0.3 is 14.7 Å². The van der Waals surface area contributed by atoms with Crippen LogP contribution in [0, 0.1) is 5.82 Å². The van der Waals surface area contributed by atoms with Crippen molar-refractivity contribution in [3.8, 4) is 0 Å². The molecule has 132 valence electrons. The van der Waals surface area contributed by atoms with E-state index in [-0.39, 0.29) is 31.3 Å². The number of nitrogens with zero attached hydrogens (tertiary/aromatic N) is 1. The molecule has 0 spiro atoms. The number of carboxylic acids is 1. The van der Waals surface area contributed by atoms with Crippen LogP contribution in [0.3, 0.4) is 0 Å². The highest BCUT2D eigenvalue weighted by Gasteiger charge is 2.17. The van der Waals surface area contributed by atoms with Gasteiger partial charge in [0.1, 0.15) is 12.4 Å². The van der Waals surface area contributed by atoms with Crippen LogP contribution < -0.4 is 0 Å². The Kier molecular flexibility index (Phi) is 7.10. The van der Waals surface area contributed by atoms with Crippen molar-refractivity contribution in [3.05, 3.63) is 71.5 Å². The van der Waals surface area contributed by atoms with E-state index in [2.05, 4.69) is 0 Å². The fourth-order valence-electron chi connectivity index (χ4n) is 2.29. The lowest BCUT2D eigenvalue weighted by Gasteiger charge is -2.21. The first-order chi connectivity index (χ1) is 12.0. The minimum absolute atomic E-state index is 0.0846. The van der Waals surface area contributed by atoms with Gasteiger partial charge in [0.25, 0.3) is 0 Å². The first-order valence-electron chi connectivity index (χ1n) is 7.90. The molecule has 0 unspecified atom stereocenters. The molecule has 1 amide bonds. The third-order valence-electron chi connectivity index (χ3n) is 3.54. The van der Waals surface area contributed by atoms with E-state index in [1.807, 2.05) is 30.3 Å². The number of carboxylic acid groups (broad SMARTS) is 1. The molecule has 2 aromatic rings. The van der Waals surface area contributed by atoms with Crippen LogP contribution in [0.15, 0.2) is 54.6 Å². The Labute approximate surface area is 145 Å².